The summed E-state index contributed by atoms with van der Waals surface area (Å²) in [5.41, 5.74) is -0.109. The molecule has 0 spiro atoms. The Balaban J connectivity index is 3.09. The molecule has 1 aromatic carbocycles. The van der Waals surface area contributed by atoms with Crippen molar-refractivity contribution in [1.82, 2.24) is 0 Å². The van der Waals surface area contributed by atoms with E-state index in [1.807, 2.05) is 0 Å². The Labute approximate surface area is 104 Å². The van der Waals surface area contributed by atoms with Crippen molar-refractivity contribution in [2.24, 2.45) is 0 Å². The Morgan fingerprint density at radius 2 is 2.11 bits per heavy atom. The highest BCUT2D eigenvalue weighted by Gasteiger charge is 2.29. The molecule has 0 aliphatic heterocycles. The molecule has 1 unspecified atom stereocenters. The molecule has 0 heterocycles. The van der Waals surface area contributed by atoms with Crippen LogP contribution in [0.4, 0.5) is 4.39 Å². The van der Waals surface area contributed by atoms with Crippen LogP contribution in [0.3, 0.4) is 0 Å². The number of carboxylic acids is 1. The van der Waals surface area contributed by atoms with E-state index < -0.39 is 32.6 Å². The summed E-state index contributed by atoms with van der Waals surface area (Å²) in [5, 5.41) is 7.09. The summed E-state index contributed by atoms with van der Waals surface area (Å²) >= 11 is 0. The van der Waals surface area contributed by atoms with Crippen molar-refractivity contribution in [3.63, 3.8) is 0 Å². The van der Waals surface area contributed by atoms with Crippen molar-refractivity contribution in [2.45, 2.75) is 17.9 Å². The van der Waals surface area contributed by atoms with Crippen LogP contribution in [-0.4, -0.2) is 31.9 Å². The lowest BCUT2D eigenvalue weighted by molar-refractivity contribution is -0.136. The van der Waals surface area contributed by atoms with Gasteiger partial charge in [-0.3, -0.25) is 4.79 Å². The lowest BCUT2D eigenvalue weighted by atomic mass is 10.2. The Hall–Kier alpha value is -1.63. The predicted octanol–water partition coefficient (Wildman–Crippen LogP) is 1.22. The van der Waals surface area contributed by atoms with Crippen LogP contribution in [0.2, 0.25) is 0 Å². The maximum Gasteiger partial charge on any atom is 0.321 e. The van der Waals surface area contributed by atoms with Gasteiger partial charge in [-0.15, -0.1) is 0 Å². The molecule has 0 bridgehead atoms. The van der Waals surface area contributed by atoms with Crippen LogP contribution < -0.4 is 4.74 Å². The number of benzene rings is 1. The van der Waals surface area contributed by atoms with Crippen LogP contribution >= 0.6 is 0 Å². The summed E-state index contributed by atoms with van der Waals surface area (Å²) in [6, 6.07) is 4.08. The number of rotatable bonds is 5. The molecule has 100 valence electrons. The topological polar surface area (TPSA) is 80.7 Å². The number of aliphatic carboxylic acids is 1. The summed E-state index contributed by atoms with van der Waals surface area (Å²) in [5.74, 6) is -3.01. The minimum atomic E-state index is -3.96. The minimum absolute atomic E-state index is 0.0781. The molecule has 0 aliphatic rings. The standard InChI is InChI=1S/C11H13FO5S/c1-7(11(13)14)18(15,16)6-8-4-3-5-9(17-2)10(8)12/h3-5,7H,6H2,1-2H3,(H,13,14). The van der Waals surface area contributed by atoms with Gasteiger partial charge < -0.3 is 9.84 Å². The van der Waals surface area contributed by atoms with E-state index in [2.05, 4.69) is 0 Å². The average molecular weight is 276 g/mol. The molecule has 1 atom stereocenters. The first-order valence-electron chi connectivity index (χ1n) is 5.05. The van der Waals surface area contributed by atoms with Gasteiger partial charge in [-0.25, -0.2) is 12.8 Å². The zero-order valence-corrected chi connectivity index (χ0v) is 10.7. The van der Waals surface area contributed by atoms with Gasteiger partial charge in [0.1, 0.15) is 0 Å². The number of carbonyl (C=O) groups is 1. The number of methoxy groups -OCH3 is 1. The SMILES string of the molecule is COc1cccc(CS(=O)(=O)C(C)C(=O)O)c1F. The second-order valence-electron chi connectivity index (χ2n) is 3.72. The van der Waals surface area contributed by atoms with Gasteiger partial charge in [0.15, 0.2) is 26.7 Å². The number of hydrogen-bond donors (Lipinski definition) is 1. The second-order valence-corrected chi connectivity index (χ2v) is 6.04. The molecule has 0 saturated heterocycles. The van der Waals surface area contributed by atoms with Crippen LogP contribution in [0.15, 0.2) is 18.2 Å². The Morgan fingerprint density at radius 1 is 1.50 bits per heavy atom. The van der Waals surface area contributed by atoms with Gasteiger partial charge in [0.05, 0.1) is 12.9 Å². The number of halogens is 1. The maximum absolute atomic E-state index is 13.7. The number of ether oxygens (including phenoxy) is 1. The molecule has 1 N–H and O–H groups in total. The van der Waals surface area contributed by atoms with Gasteiger partial charge in [0.25, 0.3) is 0 Å². The fraction of sp³-hybridized carbons (Fsp3) is 0.364. The van der Waals surface area contributed by atoms with Crippen molar-refractivity contribution in [1.29, 1.82) is 0 Å². The predicted molar refractivity (Wildman–Crippen MR) is 62.7 cm³/mol. The van der Waals surface area contributed by atoms with Crippen molar-refractivity contribution in [3.05, 3.63) is 29.6 Å². The normalized spacial score (nSPS) is 13.1. The first-order chi connectivity index (χ1) is 8.29. The first-order valence-corrected chi connectivity index (χ1v) is 6.77. The monoisotopic (exact) mass is 276 g/mol. The summed E-state index contributed by atoms with van der Waals surface area (Å²) in [4.78, 5) is 10.6. The molecule has 0 radical (unpaired) electrons. The zero-order valence-electron chi connectivity index (χ0n) is 9.88. The molecule has 18 heavy (non-hydrogen) atoms. The van der Waals surface area contributed by atoms with E-state index in [-0.39, 0.29) is 11.3 Å². The molecule has 0 aromatic heterocycles. The van der Waals surface area contributed by atoms with Gasteiger partial charge >= 0.3 is 5.97 Å². The molecular formula is C11H13FO5S. The van der Waals surface area contributed by atoms with Gasteiger partial charge in [0.2, 0.25) is 0 Å². The third-order valence-corrected chi connectivity index (χ3v) is 4.50. The van der Waals surface area contributed by atoms with Gasteiger partial charge in [-0.1, -0.05) is 12.1 Å². The van der Waals surface area contributed by atoms with Crippen molar-refractivity contribution in [2.75, 3.05) is 7.11 Å². The summed E-state index contributed by atoms with van der Waals surface area (Å²) in [6.45, 7) is 1.05. The van der Waals surface area contributed by atoms with E-state index in [1.165, 1.54) is 25.3 Å². The minimum Gasteiger partial charge on any atom is -0.494 e. The van der Waals surface area contributed by atoms with Crippen LogP contribution in [-0.2, 0) is 20.4 Å². The molecule has 1 aromatic rings. The maximum atomic E-state index is 13.7. The quantitative estimate of drug-likeness (QED) is 0.874. The third kappa shape index (κ3) is 2.98. The summed E-state index contributed by atoms with van der Waals surface area (Å²) in [7, 11) is -2.69. The van der Waals surface area contributed by atoms with E-state index in [1.54, 1.807) is 0 Å². The Kier molecular flexibility index (Phi) is 4.28. The molecular weight excluding hydrogens is 263 g/mol. The molecule has 0 saturated carbocycles. The van der Waals surface area contributed by atoms with Gasteiger partial charge in [-0.05, 0) is 13.0 Å². The van der Waals surface area contributed by atoms with Crippen LogP contribution in [0, 0.1) is 5.82 Å². The van der Waals surface area contributed by atoms with Gasteiger partial charge in [-0.2, -0.15) is 0 Å². The number of carboxylic acid groups (broad SMARTS) is 1. The fourth-order valence-corrected chi connectivity index (χ4v) is 2.53. The molecule has 0 aliphatic carbocycles. The number of sulfone groups is 1. The van der Waals surface area contributed by atoms with E-state index in [4.69, 9.17) is 9.84 Å². The largest absolute Gasteiger partial charge is 0.494 e. The zero-order chi connectivity index (χ0) is 13.9. The Bertz CT molecular complexity index is 553. The second kappa shape index (κ2) is 5.34. The van der Waals surface area contributed by atoms with E-state index >= 15 is 0 Å². The molecule has 0 amide bonds. The van der Waals surface area contributed by atoms with E-state index in [9.17, 15) is 17.6 Å². The van der Waals surface area contributed by atoms with Crippen molar-refractivity contribution >= 4 is 15.8 Å². The smallest absolute Gasteiger partial charge is 0.321 e. The molecule has 1 rings (SSSR count). The number of hydrogen-bond acceptors (Lipinski definition) is 4. The lowest BCUT2D eigenvalue weighted by Crippen LogP contribution is -2.28. The Morgan fingerprint density at radius 3 is 2.61 bits per heavy atom. The van der Waals surface area contributed by atoms with Crippen molar-refractivity contribution < 1.29 is 27.4 Å². The van der Waals surface area contributed by atoms with Gasteiger partial charge in [0, 0.05) is 5.56 Å². The van der Waals surface area contributed by atoms with Crippen molar-refractivity contribution in [3.8, 4) is 5.75 Å². The third-order valence-electron chi connectivity index (χ3n) is 2.51. The lowest BCUT2D eigenvalue weighted by Gasteiger charge is -2.10. The van der Waals surface area contributed by atoms with Crippen LogP contribution in [0.5, 0.6) is 5.75 Å². The first kappa shape index (κ1) is 14.4. The highest BCUT2D eigenvalue weighted by molar-refractivity contribution is 7.91. The van der Waals surface area contributed by atoms with E-state index in [0.29, 0.717) is 0 Å². The fourth-order valence-electron chi connectivity index (χ4n) is 1.32. The summed E-state index contributed by atoms with van der Waals surface area (Å²) < 4.78 is 41.9. The molecule has 7 heteroatoms. The van der Waals surface area contributed by atoms with Crippen LogP contribution in [0.25, 0.3) is 0 Å². The van der Waals surface area contributed by atoms with E-state index in [0.717, 1.165) is 6.92 Å². The highest BCUT2D eigenvalue weighted by atomic mass is 32.2. The highest BCUT2D eigenvalue weighted by Crippen LogP contribution is 2.22. The van der Waals surface area contributed by atoms with Crippen LogP contribution in [0.1, 0.15) is 12.5 Å². The molecule has 0 fully saturated rings. The average Bonchev–Trinajstić information content (AvgIpc) is 2.30. The molecule has 5 nitrogen and oxygen atoms in total. The summed E-state index contributed by atoms with van der Waals surface area (Å²) in [6.07, 6.45) is 0.